The molecule has 0 saturated carbocycles. The molecule has 13 rings (SSSR count). The van der Waals surface area contributed by atoms with Crippen molar-refractivity contribution in [3.63, 3.8) is 0 Å². The third-order valence-corrected chi connectivity index (χ3v) is 13.6. The van der Waals surface area contributed by atoms with Gasteiger partial charge >= 0.3 is 0 Å². The molecule has 0 unspecified atom stereocenters. The van der Waals surface area contributed by atoms with Crippen molar-refractivity contribution < 1.29 is 9.47 Å². The molecule has 0 atom stereocenters. The molecule has 0 N–H and O–H groups in total. The minimum atomic E-state index is -0.499. The van der Waals surface area contributed by atoms with E-state index in [1.165, 1.54) is 55.6 Å². The van der Waals surface area contributed by atoms with Crippen molar-refractivity contribution in [2.45, 2.75) is 18.3 Å². The zero-order chi connectivity index (χ0) is 42.2. The summed E-state index contributed by atoms with van der Waals surface area (Å²) in [7, 11) is 0. The average Bonchev–Trinajstić information content (AvgIpc) is 3.84. The Bertz CT molecular complexity index is 3350. The van der Waals surface area contributed by atoms with Crippen molar-refractivity contribution in [3.05, 3.63) is 252 Å². The lowest BCUT2D eigenvalue weighted by atomic mass is 9.70. The molecule has 0 aromatic heterocycles. The molecule has 64 heavy (non-hydrogen) atoms. The van der Waals surface area contributed by atoms with Crippen molar-refractivity contribution in [1.29, 1.82) is 0 Å². The summed E-state index contributed by atoms with van der Waals surface area (Å²) < 4.78 is 14.5. The van der Waals surface area contributed by atoms with Gasteiger partial charge in [0.25, 0.3) is 0 Å². The second-order valence-electron chi connectivity index (χ2n) is 17.0. The molecule has 1 heterocycles. The molecule has 302 valence electrons. The summed E-state index contributed by atoms with van der Waals surface area (Å²) in [4.78, 5) is 2.35. The number of ether oxygens (including phenoxy) is 2. The second kappa shape index (κ2) is 14.5. The molecule has 0 saturated heterocycles. The molecule has 3 nitrogen and oxygen atoms in total. The van der Waals surface area contributed by atoms with Gasteiger partial charge in [0.15, 0.2) is 23.0 Å². The zero-order valence-corrected chi connectivity index (χ0v) is 35.0. The van der Waals surface area contributed by atoms with Gasteiger partial charge in [-0.2, -0.15) is 0 Å². The monoisotopic (exact) mass is 819 g/mol. The van der Waals surface area contributed by atoms with E-state index in [1.54, 1.807) is 0 Å². The fraction of sp³-hybridized carbons (Fsp3) is 0.0492. The van der Waals surface area contributed by atoms with Crippen LogP contribution in [0.25, 0.3) is 50.1 Å². The number of nitrogens with zero attached hydrogens (tertiary/aromatic N) is 1. The lowest BCUT2D eigenvalue weighted by Crippen LogP contribution is -2.25. The van der Waals surface area contributed by atoms with E-state index in [0.717, 1.165) is 57.9 Å². The first kappa shape index (κ1) is 36.5. The molecule has 0 radical (unpaired) electrons. The van der Waals surface area contributed by atoms with E-state index < -0.39 is 5.41 Å². The Kier molecular flexibility index (Phi) is 8.26. The van der Waals surface area contributed by atoms with Gasteiger partial charge in [0.1, 0.15) is 0 Å². The van der Waals surface area contributed by atoms with Crippen LogP contribution in [0.5, 0.6) is 23.0 Å². The van der Waals surface area contributed by atoms with E-state index in [4.69, 9.17) is 9.47 Å². The van der Waals surface area contributed by atoms with Gasteiger partial charge in [-0.1, -0.05) is 182 Å². The van der Waals surface area contributed by atoms with Crippen LogP contribution < -0.4 is 14.4 Å². The summed E-state index contributed by atoms with van der Waals surface area (Å²) in [5, 5.41) is 0. The maximum Gasteiger partial charge on any atom is 0.194 e. The predicted molar refractivity (Wildman–Crippen MR) is 261 cm³/mol. The normalized spacial score (nSPS) is 14.2. The predicted octanol–water partition coefficient (Wildman–Crippen LogP) is 16.5. The average molecular weight is 820 g/mol. The summed E-state index contributed by atoms with van der Waals surface area (Å²) in [6.45, 7) is 0. The topological polar surface area (TPSA) is 21.7 Å². The van der Waals surface area contributed by atoms with Crippen LogP contribution >= 0.6 is 0 Å². The summed E-state index contributed by atoms with van der Waals surface area (Å²) in [6, 6.07) is 74.5. The molecule has 3 heteroatoms. The summed E-state index contributed by atoms with van der Waals surface area (Å²) >= 11 is 0. The van der Waals surface area contributed by atoms with Crippen molar-refractivity contribution in [2.75, 3.05) is 4.90 Å². The van der Waals surface area contributed by atoms with Gasteiger partial charge in [0.2, 0.25) is 0 Å². The number of para-hydroxylation sites is 1. The molecule has 9 aromatic rings. The highest BCUT2D eigenvalue weighted by Crippen LogP contribution is 2.67. The third kappa shape index (κ3) is 5.41. The van der Waals surface area contributed by atoms with Crippen molar-refractivity contribution >= 4 is 22.6 Å². The van der Waals surface area contributed by atoms with Crippen LogP contribution in [-0.2, 0) is 5.41 Å². The van der Waals surface area contributed by atoms with Gasteiger partial charge in [-0.25, -0.2) is 0 Å². The Morgan fingerprint density at radius 1 is 0.406 bits per heavy atom. The molecule has 4 aliphatic rings. The Balaban J connectivity index is 1.02. The van der Waals surface area contributed by atoms with Gasteiger partial charge in [-0.3, -0.25) is 0 Å². The molecule has 0 fully saturated rings. The molecule has 0 amide bonds. The maximum absolute atomic E-state index is 7.48. The van der Waals surface area contributed by atoms with Gasteiger partial charge in [-0.05, 0) is 128 Å². The number of hydrogen-bond acceptors (Lipinski definition) is 3. The van der Waals surface area contributed by atoms with Gasteiger partial charge in [-0.15, -0.1) is 0 Å². The van der Waals surface area contributed by atoms with Gasteiger partial charge in [0.05, 0.1) is 11.1 Å². The van der Waals surface area contributed by atoms with E-state index >= 15 is 0 Å². The fourth-order valence-electron chi connectivity index (χ4n) is 10.9. The molecule has 1 aliphatic heterocycles. The zero-order valence-electron chi connectivity index (χ0n) is 35.0. The van der Waals surface area contributed by atoms with Crippen LogP contribution in [0.1, 0.15) is 40.7 Å². The first-order valence-electron chi connectivity index (χ1n) is 22.2. The molecular weight excluding hydrogens is 779 g/mol. The van der Waals surface area contributed by atoms with Gasteiger partial charge < -0.3 is 14.4 Å². The highest BCUT2D eigenvalue weighted by molar-refractivity contribution is 5.98. The molecule has 9 aromatic carbocycles. The third-order valence-electron chi connectivity index (χ3n) is 13.6. The van der Waals surface area contributed by atoms with Crippen molar-refractivity contribution in [2.24, 2.45) is 0 Å². The van der Waals surface area contributed by atoms with Crippen LogP contribution in [0.4, 0.5) is 17.1 Å². The minimum Gasteiger partial charge on any atom is -0.449 e. The van der Waals surface area contributed by atoms with E-state index in [0.29, 0.717) is 17.2 Å². The summed E-state index contributed by atoms with van der Waals surface area (Å²) in [5.41, 5.74) is 19.4. The fourth-order valence-corrected chi connectivity index (χ4v) is 10.9. The highest BCUT2D eigenvalue weighted by atomic mass is 16.6. The quantitative estimate of drug-likeness (QED) is 0.167. The lowest BCUT2D eigenvalue weighted by Gasteiger charge is -2.32. The second-order valence-corrected chi connectivity index (χ2v) is 17.0. The lowest BCUT2D eigenvalue weighted by molar-refractivity contribution is 0.361. The number of rotatable bonds is 6. The number of benzene rings is 9. The molecular formula is C61H41NO2. The smallest absolute Gasteiger partial charge is 0.194 e. The van der Waals surface area contributed by atoms with Crippen LogP contribution in [0.3, 0.4) is 0 Å². The van der Waals surface area contributed by atoms with Crippen LogP contribution in [0.15, 0.2) is 224 Å². The van der Waals surface area contributed by atoms with E-state index in [9.17, 15) is 0 Å². The molecule has 0 bridgehead atoms. The molecule has 3 aliphatic carbocycles. The van der Waals surface area contributed by atoms with E-state index in [1.807, 2.05) is 6.07 Å². The molecule has 1 spiro atoms. The Labute approximate surface area is 373 Å². The van der Waals surface area contributed by atoms with Gasteiger partial charge in [0, 0.05) is 16.9 Å². The first-order chi connectivity index (χ1) is 31.8. The van der Waals surface area contributed by atoms with Crippen LogP contribution in [0, 0.1) is 0 Å². The van der Waals surface area contributed by atoms with Crippen LogP contribution in [0.2, 0.25) is 0 Å². The van der Waals surface area contributed by atoms with E-state index in [-0.39, 0.29) is 0 Å². The number of anilines is 3. The van der Waals surface area contributed by atoms with Crippen molar-refractivity contribution in [3.8, 4) is 67.5 Å². The highest BCUT2D eigenvalue weighted by Gasteiger charge is 2.53. The maximum atomic E-state index is 7.48. The largest absolute Gasteiger partial charge is 0.449 e. The van der Waals surface area contributed by atoms with E-state index in [2.05, 4.69) is 223 Å². The Morgan fingerprint density at radius 3 is 1.73 bits per heavy atom. The summed E-state index contributed by atoms with van der Waals surface area (Å²) in [6.07, 6.45) is 8.70. The number of fused-ring (bicyclic) bond motifs is 13. The minimum absolute atomic E-state index is 0.499. The standard InChI is InChI=1S/C61H41NO2/c1-4-18-40(19-5-1)43-24-16-25-44(38-43)62(45-34-35-46(41-20-6-2-7-21-41)50(39-45)42-22-8-3-9-23-42)55-32-17-33-56-59(55)64-60-57(63-56)37-36-54-58(60)49-28-12-15-31-53(49)61(54)51-29-13-10-26-47(51)48-27-11-14-30-52(48)61/h1-4,6-18,20-39H,5,19H2. The Morgan fingerprint density at radius 2 is 1.02 bits per heavy atom. The number of allylic oxidation sites excluding steroid dienone is 4. The van der Waals surface area contributed by atoms with Crippen LogP contribution in [-0.4, -0.2) is 0 Å². The SMILES string of the molecule is C1=CCCC(c2cccc(N(c3ccc(-c4ccccc4)c(-c4ccccc4)c3)c3cccc4c3Oc3c(ccc5c3-c3ccccc3C53c5ccccc5-c5ccccc53)O4)c2)=C1. The first-order valence-corrected chi connectivity index (χ1v) is 22.2. The number of hydrogen-bond donors (Lipinski definition) is 0. The summed E-state index contributed by atoms with van der Waals surface area (Å²) in [5.74, 6) is 2.79. The Hall–Kier alpha value is -8.14. The van der Waals surface area contributed by atoms with Crippen molar-refractivity contribution in [1.82, 2.24) is 0 Å².